The van der Waals surface area contributed by atoms with E-state index in [-0.39, 0.29) is 5.69 Å². The summed E-state index contributed by atoms with van der Waals surface area (Å²) in [5, 5.41) is 11.9. The Bertz CT molecular complexity index is 553. The highest BCUT2D eigenvalue weighted by molar-refractivity contribution is 7.98. The fraction of sp³-hybridized carbons (Fsp3) is 0.444. The van der Waals surface area contributed by atoms with Gasteiger partial charge < -0.3 is 0 Å². The Labute approximate surface area is 107 Å². The van der Waals surface area contributed by atoms with E-state index in [0.717, 1.165) is 5.69 Å². The third kappa shape index (κ3) is 2.55. The monoisotopic (exact) mass is 273 g/mol. The van der Waals surface area contributed by atoms with Crippen LogP contribution < -0.4 is 5.69 Å². The lowest BCUT2D eigenvalue weighted by molar-refractivity contribution is 0.660. The highest BCUT2D eigenvalue weighted by atomic mass is 35.5. The third-order valence-electron chi connectivity index (χ3n) is 2.26. The Morgan fingerprint density at radius 1 is 1.59 bits per heavy atom. The Hall–Kier alpha value is -1.21. The van der Waals surface area contributed by atoms with Crippen LogP contribution in [-0.2, 0) is 19.3 Å². The second-order valence-electron chi connectivity index (χ2n) is 3.43. The van der Waals surface area contributed by atoms with E-state index < -0.39 is 0 Å². The van der Waals surface area contributed by atoms with Crippen LogP contribution in [0.2, 0.25) is 5.15 Å². The van der Waals surface area contributed by atoms with Gasteiger partial charge in [0.2, 0.25) is 0 Å². The fourth-order valence-corrected chi connectivity index (χ4v) is 2.46. The first-order valence-electron chi connectivity index (χ1n) is 5.08. The first-order chi connectivity index (χ1) is 8.11. The molecule has 8 heteroatoms. The smallest absolute Gasteiger partial charge is 0.270 e. The number of aromatic amines is 1. The second-order valence-corrected chi connectivity index (χ2v) is 4.76. The van der Waals surface area contributed by atoms with Crippen LogP contribution in [0.4, 0.5) is 0 Å². The lowest BCUT2D eigenvalue weighted by Crippen LogP contribution is -2.16. The van der Waals surface area contributed by atoms with E-state index in [4.69, 9.17) is 11.6 Å². The molecular weight excluding hydrogens is 262 g/mol. The highest BCUT2D eigenvalue weighted by Gasteiger charge is 2.09. The van der Waals surface area contributed by atoms with Gasteiger partial charge in [0.25, 0.3) is 0 Å². The number of aryl methyl sites for hydroxylation is 1. The van der Waals surface area contributed by atoms with E-state index in [1.807, 2.05) is 6.92 Å². The summed E-state index contributed by atoms with van der Waals surface area (Å²) in [4.78, 5) is 11.3. The molecule has 6 nitrogen and oxygen atoms in total. The number of H-pyrrole nitrogens is 1. The maximum Gasteiger partial charge on any atom is 0.343 e. The van der Waals surface area contributed by atoms with Crippen molar-refractivity contribution in [1.29, 1.82) is 0 Å². The van der Waals surface area contributed by atoms with Crippen molar-refractivity contribution in [3.05, 3.63) is 27.4 Å². The van der Waals surface area contributed by atoms with Crippen molar-refractivity contribution < 1.29 is 0 Å². The molecule has 0 unspecified atom stereocenters. The van der Waals surface area contributed by atoms with Crippen molar-refractivity contribution in [3.63, 3.8) is 0 Å². The van der Waals surface area contributed by atoms with Gasteiger partial charge in [0, 0.05) is 19.3 Å². The molecule has 0 radical (unpaired) electrons. The molecule has 0 saturated carbocycles. The normalized spacial score (nSPS) is 11.0. The number of nitrogens with one attached hydrogen (secondary N) is 1. The van der Waals surface area contributed by atoms with E-state index in [0.29, 0.717) is 22.6 Å². The van der Waals surface area contributed by atoms with Crippen molar-refractivity contribution in [2.45, 2.75) is 24.4 Å². The summed E-state index contributed by atoms with van der Waals surface area (Å²) in [6.07, 6.45) is 0. The molecule has 0 aliphatic rings. The minimum absolute atomic E-state index is 0.186. The Morgan fingerprint density at radius 3 is 2.94 bits per heavy atom. The molecule has 2 heterocycles. The van der Waals surface area contributed by atoms with Crippen LogP contribution in [0.1, 0.15) is 12.6 Å². The number of aromatic nitrogens is 5. The topological polar surface area (TPSA) is 68.5 Å². The van der Waals surface area contributed by atoms with Gasteiger partial charge in [-0.1, -0.05) is 23.4 Å². The summed E-state index contributed by atoms with van der Waals surface area (Å²) in [6.45, 7) is 2.50. The van der Waals surface area contributed by atoms with Crippen LogP contribution in [0, 0.1) is 0 Å². The van der Waals surface area contributed by atoms with E-state index in [1.165, 1.54) is 11.8 Å². The van der Waals surface area contributed by atoms with Crippen LogP contribution in [0.5, 0.6) is 0 Å². The van der Waals surface area contributed by atoms with E-state index in [9.17, 15) is 4.79 Å². The molecule has 0 atom stereocenters. The Morgan fingerprint density at radius 2 is 2.35 bits per heavy atom. The Kier molecular flexibility index (Phi) is 3.58. The van der Waals surface area contributed by atoms with E-state index >= 15 is 0 Å². The van der Waals surface area contributed by atoms with Gasteiger partial charge in [-0.05, 0) is 13.0 Å². The van der Waals surface area contributed by atoms with Crippen LogP contribution >= 0.6 is 23.4 Å². The van der Waals surface area contributed by atoms with Gasteiger partial charge in [0.05, 0.1) is 5.69 Å². The second kappa shape index (κ2) is 4.97. The van der Waals surface area contributed by atoms with Gasteiger partial charge in [-0.25, -0.2) is 9.89 Å². The lowest BCUT2D eigenvalue weighted by atomic mass is 10.5. The molecule has 2 aromatic heterocycles. The fourth-order valence-electron chi connectivity index (χ4n) is 1.40. The maximum absolute atomic E-state index is 11.3. The molecule has 0 spiro atoms. The molecule has 0 aliphatic heterocycles. The quantitative estimate of drug-likeness (QED) is 0.852. The van der Waals surface area contributed by atoms with Gasteiger partial charge in [-0.2, -0.15) is 5.10 Å². The van der Waals surface area contributed by atoms with Gasteiger partial charge in [0.1, 0.15) is 5.15 Å². The number of hydrogen-bond acceptors (Lipinski definition) is 4. The standard InChI is InChI=1S/C9H12ClN5OS/c1-3-15-8(16)11-12-9(15)17-5-6-4-7(10)14(2)13-6/h4H,3,5H2,1-2H3,(H,11,16). The number of thioether (sulfide) groups is 1. The molecule has 2 rings (SSSR count). The first-order valence-corrected chi connectivity index (χ1v) is 6.44. The van der Waals surface area contributed by atoms with E-state index in [2.05, 4.69) is 15.3 Å². The van der Waals surface area contributed by atoms with Crippen molar-refractivity contribution in [2.75, 3.05) is 0 Å². The van der Waals surface area contributed by atoms with Crippen molar-refractivity contribution >= 4 is 23.4 Å². The molecule has 1 N–H and O–H groups in total. The minimum atomic E-state index is -0.186. The summed E-state index contributed by atoms with van der Waals surface area (Å²) in [6, 6.07) is 1.80. The molecule has 0 aliphatic carbocycles. The molecule has 2 aromatic rings. The Balaban J connectivity index is 2.09. The van der Waals surface area contributed by atoms with Gasteiger partial charge >= 0.3 is 5.69 Å². The van der Waals surface area contributed by atoms with Crippen LogP contribution in [0.3, 0.4) is 0 Å². The predicted octanol–water partition coefficient (Wildman–Crippen LogP) is 1.27. The number of halogens is 1. The highest BCUT2D eigenvalue weighted by Crippen LogP contribution is 2.20. The molecule has 92 valence electrons. The van der Waals surface area contributed by atoms with Crippen molar-refractivity contribution in [3.8, 4) is 0 Å². The average Bonchev–Trinajstić information content (AvgIpc) is 2.80. The molecule has 0 aromatic carbocycles. The summed E-state index contributed by atoms with van der Waals surface area (Å²) in [5.41, 5.74) is 0.676. The summed E-state index contributed by atoms with van der Waals surface area (Å²) in [5.74, 6) is 0.630. The lowest BCUT2D eigenvalue weighted by Gasteiger charge is -1.99. The van der Waals surface area contributed by atoms with Crippen LogP contribution in [0.25, 0.3) is 0 Å². The maximum atomic E-state index is 11.3. The zero-order chi connectivity index (χ0) is 12.4. The van der Waals surface area contributed by atoms with Gasteiger partial charge in [0.15, 0.2) is 5.16 Å². The summed E-state index contributed by atoms with van der Waals surface area (Å²) < 4.78 is 3.18. The predicted molar refractivity (Wildman–Crippen MR) is 66.3 cm³/mol. The van der Waals surface area contributed by atoms with Crippen LogP contribution in [-0.4, -0.2) is 24.5 Å². The van der Waals surface area contributed by atoms with Crippen molar-refractivity contribution in [2.24, 2.45) is 7.05 Å². The number of nitrogens with zero attached hydrogens (tertiary/aromatic N) is 4. The molecule has 0 fully saturated rings. The van der Waals surface area contributed by atoms with E-state index in [1.54, 1.807) is 22.4 Å². The molecule has 0 saturated heterocycles. The van der Waals surface area contributed by atoms with Crippen molar-refractivity contribution in [1.82, 2.24) is 24.5 Å². The third-order valence-corrected chi connectivity index (χ3v) is 3.63. The first kappa shape index (κ1) is 12.3. The average molecular weight is 274 g/mol. The number of hydrogen-bond donors (Lipinski definition) is 1. The zero-order valence-corrected chi connectivity index (χ0v) is 11.0. The summed E-state index contributed by atoms with van der Waals surface area (Å²) in [7, 11) is 1.78. The largest absolute Gasteiger partial charge is 0.343 e. The number of rotatable bonds is 4. The van der Waals surface area contributed by atoms with Crippen LogP contribution in [0.15, 0.2) is 16.0 Å². The molecule has 0 bridgehead atoms. The molecular formula is C9H12ClN5OS. The zero-order valence-electron chi connectivity index (χ0n) is 9.47. The van der Waals surface area contributed by atoms with Gasteiger partial charge in [-0.15, -0.1) is 5.10 Å². The molecule has 17 heavy (non-hydrogen) atoms. The summed E-state index contributed by atoms with van der Waals surface area (Å²) >= 11 is 7.34. The minimum Gasteiger partial charge on any atom is -0.270 e. The molecule has 0 amide bonds. The SMILES string of the molecule is CCn1c(SCc2cc(Cl)n(C)n2)n[nH]c1=O. The van der Waals surface area contributed by atoms with Gasteiger partial charge in [-0.3, -0.25) is 9.25 Å².